The Morgan fingerprint density at radius 1 is 0.882 bits per heavy atom. The molecular formula is C26H27N3O4S. The van der Waals surface area contributed by atoms with Gasteiger partial charge < -0.3 is 9.47 Å². The van der Waals surface area contributed by atoms with Crippen molar-refractivity contribution in [1.82, 2.24) is 16.2 Å². The highest BCUT2D eigenvalue weighted by Crippen LogP contribution is 2.22. The average Bonchev–Trinajstić information content (AvgIpc) is 2.87. The van der Waals surface area contributed by atoms with E-state index in [1.54, 1.807) is 36.4 Å². The Balaban J connectivity index is 1.41. The summed E-state index contributed by atoms with van der Waals surface area (Å²) in [5.74, 6) is 0.289. The van der Waals surface area contributed by atoms with Crippen LogP contribution >= 0.6 is 12.2 Å². The summed E-state index contributed by atoms with van der Waals surface area (Å²) in [7, 11) is 0. The molecule has 1 atom stereocenters. The third-order valence-electron chi connectivity index (χ3n) is 4.88. The Labute approximate surface area is 204 Å². The summed E-state index contributed by atoms with van der Waals surface area (Å²) in [5, 5.41) is 2.47. The van der Waals surface area contributed by atoms with Gasteiger partial charge in [0.05, 0.1) is 6.10 Å². The van der Waals surface area contributed by atoms with Crippen LogP contribution in [0.25, 0.3) is 11.1 Å². The van der Waals surface area contributed by atoms with Gasteiger partial charge in [0.1, 0.15) is 11.5 Å². The number of hydrazine groups is 1. The minimum absolute atomic E-state index is 0.0419. The molecule has 0 aliphatic heterocycles. The van der Waals surface area contributed by atoms with Crippen molar-refractivity contribution in [2.45, 2.75) is 26.4 Å². The minimum atomic E-state index is -0.451. The summed E-state index contributed by atoms with van der Waals surface area (Å²) in [6.07, 6.45) is 0.896. The van der Waals surface area contributed by atoms with E-state index in [0.29, 0.717) is 17.1 Å². The predicted octanol–water partition coefficient (Wildman–Crippen LogP) is 4.25. The van der Waals surface area contributed by atoms with E-state index in [9.17, 15) is 9.59 Å². The molecule has 34 heavy (non-hydrogen) atoms. The van der Waals surface area contributed by atoms with Crippen molar-refractivity contribution in [2.75, 3.05) is 6.61 Å². The van der Waals surface area contributed by atoms with Gasteiger partial charge in [0.2, 0.25) is 0 Å². The van der Waals surface area contributed by atoms with E-state index < -0.39 is 11.8 Å². The lowest BCUT2D eigenvalue weighted by Crippen LogP contribution is -2.49. The Hall–Kier alpha value is -3.91. The van der Waals surface area contributed by atoms with Crippen LogP contribution in [0.2, 0.25) is 0 Å². The van der Waals surface area contributed by atoms with Crippen LogP contribution in [0.5, 0.6) is 11.5 Å². The van der Waals surface area contributed by atoms with E-state index in [1.807, 2.05) is 56.3 Å². The molecule has 8 heteroatoms. The quantitative estimate of drug-likeness (QED) is 0.332. The van der Waals surface area contributed by atoms with Gasteiger partial charge in [-0.1, -0.05) is 55.5 Å². The van der Waals surface area contributed by atoms with Gasteiger partial charge in [-0.15, -0.1) is 0 Å². The van der Waals surface area contributed by atoms with Gasteiger partial charge in [-0.3, -0.25) is 25.8 Å². The monoisotopic (exact) mass is 477 g/mol. The fraction of sp³-hybridized carbons (Fsp3) is 0.192. The number of hydrogen-bond acceptors (Lipinski definition) is 5. The number of carbonyl (C=O) groups excluding carboxylic acids is 2. The lowest BCUT2D eigenvalue weighted by atomic mass is 10.1. The van der Waals surface area contributed by atoms with E-state index in [2.05, 4.69) is 16.2 Å². The zero-order valence-corrected chi connectivity index (χ0v) is 19.9. The van der Waals surface area contributed by atoms with E-state index >= 15 is 0 Å². The van der Waals surface area contributed by atoms with Crippen molar-refractivity contribution in [2.24, 2.45) is 0 Å². The molecule has 0 radical (unpaired) electrons. The van der Waals surface area contributed by atoms with Crippen molar-refractivity contribution in [1.29, 1.82) is 0 Å². The van der Waals surface area contributed by atoms with Crippen LogP contribution in [0.3, 0.4) is 0 Å². The normalized spacial score (nSPS) is 11.1. The first-order valence-corrected chi connectivity index (χ1v) is 11.3. The number of amides is 2. The van der Waals surface area contributed by atoms with Gasteiger partial charge in [0, 0.05) is 5.56 Å². The molecule has 3 aromatic rings. The van der Waals surface area contributed by atoms with Gasteiger partial charge in [-0.2, -0.15) is 0 Å². The maximum atomic E-state index is 12.4. The molecule has 0 spiro atoms. The maximum Gasteiger partial charge on any atom is 0.276 e. The standard InChI is InChI=1S/C26H27N3O4S/c1-3-18(2)33-23-11-7-10-21(16-23)25(31)27-26(34)29-28-24(30)17-32-22-14-12-20(13-15-22)19-8-5-4-6-9-19/h4-16,18H,3,17H2,1-2H3,(H,28,30)(H2,27,29,31,34). The molecule has 0 aromatic heterocycles. The fourth-order valence-electron chi connectivity index (χ4n) is 2.92. The zero-order chi connectivity index (χ0) is 24.3. The number of hydrogen-bond donors (Lipinski definition) is 3. The zero-order valence-electron chi connectivity index (χ0n) is 19.0. The summed E-state index contributed by atoms with van der Waals surface area (Å²) < 4.78 is 11.2. The van der Waals surface area contributed by atoms with E-state index in [0.717, 1.165) is 17.5 Å². The molecule has 3 rings (SSSR count). The summed E-state index contributed by atoms with van der Waals surface area (Å²) in [4.78, 5) is 24.5. The molecule has 176 valence electrons. The lowest BCUT2D eigenvalue weighted by molar-refractivity contribution is -0.123. The molecule has 0 saturated carbocycles. The highest BCUT2D eigenvalue weighted by Gasteiger charge is 2.11. The second kappa shape index (κ2) is 12.4. The highest BCUT2D eigenvalue weighted by atomic mass is 32.1. The summed E-state index contributed by atoms with van der Waals surface area (Å²) in [6, 6.07) is 24.2. The SMILES string of the molecule is CCC(C)Oc1cccc(C(=O)NC(=S)NNC(=O)COc2ccc(-c3ccccc3)cc2)c1. The Morgan fingerprint density at radius 3 is 2.29 bits per heavy atom. The number of thiocarbonyl (C=S) groups is 1. The lowest BCUT2D eigenvalue weighted by Gasteiger charge is -2.14. The van der Waals surface area contributed by atoms with Crippen molar-refractivity contribution in [3.63, 3.8) is 0 Å². The van der Waals surface area contributed by atoms with Gasteiger partial charge in [-0.05, 0) is 67.0 Å². The molecule has 0 aliphatic carbocycles. The number of ether oxygens (including phenoxy) is 2. The van der Waals surface area contributed by atoms with Crippen LogP contribution < -0.4 is 25.6 Å². The predicted molar refractivity (Wildman–Crippen MR) is 136 cm³/mol. The van der Waals surface area contributed by atoms with Crippen molar-refractivity contribution in [3.05, 3.63) is 84.4 Å². The van der Waals surface area contributed by atoms with Crippen LogP contribution in [0.15, 0.2) is 78.9 Å². The Kier molecular flexibility index (Phi) is 8.99. The van der Waals surface area contributed by atoms with Crippen LogP contribution in [0.1, 0.15) is 30.6 Å². The maximum absolute atomic E-state index is 12.4. The highest BCUT2D eigenvalue weighted by molar-refractivity contribution is 7.80. The summed E-state index contributed by atoms with van der Waals surface area (Å²) in [5.41, 5.74) is 7.43. The first-order valence-electron chi connectivity index (χ1n) is 10.9. The number of carbonyl (C=O) groups is 2. The molecule has 3 N–H and O–H groups in total. The topological polar surface area (TPSA) is 88.7 Å². The minimum Gasteiger partial charge on any atom is -0.491 e. The number of rotatable bonds is 8. The molecule has 0 aliphatic rings. The van der Waals surface area contributed by atoms with Gasteiger partial charge in [0.15, 0.2) is 11.7 Å². The van der Waals surface area contributed by atoms with Gasteiger partial charge in [0.25, 0.3) is 11.8 Å². The average molecular weight is 478 g/mol. The van der Waals surface area contributed by atoms with Crippen molar-refractivity contribution < 1.29 is 19.1 Å². The number of nitrogens with one attached hydrogen (secondary N) is 3. The second-order valence-electron chi connectivity index (χ2n) is 7.50. The first-order chi connectivity index (χ1) is 16.4. The molecule has 2 amide bonds. The first kappa shape index (κ1) is 24.7. The van der Waals surface area contributed by atoms with E-state index in [-0.39, 0.29) is 17.8 Å². The molecule has 0 bridgehead atoms. The number of benzene rings is 3. The Bertz CT molecular complexity index is 1120. The van der Waals surface area contributed by atoms with E-state index in [4.69, 9.17) is 21.7 Å². The van der Waals surface area contributed by atoms with Crippen LogP contribution in [0, 0.1) is 0 Å². The Morgan fingerprint density at radius 2 is 1.59 bits per heavy atom. The third-order valence-corrected chi connectivity index (χ3v) is 5.09. The van der Waals surface area contributed by atoms with Crippen LogP contribution in [-0.4, -0.2) is 29.6 Å². The molecule has 7 nitrogen and oxygen atoms in total. The van der Waals surface area contributed by atoms with E-state index in [1.165, 1.54) is 0 Å². The third kappa shape index (κ3) is 7.60. The molecule has 0 fully saturated rings. The smallest absolute Gasteiger partial charge is 0.276 e. The van der Waals surface area contributed by atoms with Crippen molar-refractivity contribution in [3.8, 4) is 22.6 Å². The largest absolute Gasteiger partial charge is 0.491 e. The second-order valence-corrected chi connectivity index (χ2v) is 7.91. The molecule has 0 heterocycles. The summed E-state index contributed by atoms with van der Waals surface area (Å²) in [6.45, 7) is 3.76. The van der Waals surface area contributed by atoms with Crippen LogP contribution in [0.4, 0.5) is 0 Å². The van der Waals surface area contributed by atoms with Gasteiger partial charge in [-0.25, -0.2) is 0 Å². The van der Waals surface area contributed by atoms with Crippen molar-refractivity contribution >= 4 is 29.1 Å². The molecule has 1 unspecified atom stereocenters. The van der Waals surface area contributed by atoms with Gasteiger partial charge >= 0.3 is 0 Å². The fourth-order valence-corrected chi connectivity index (χ4v) is 3.06. The molecule has 0 saturated heterocycles. The summed E-state index contributed by atoms with van der Waals surface area (Å²) >= 11 is 5.08. The van der Waals surface area contributed by atoms with Crippen LogP contribution in [-0.2, 0) is 4.79 Å². The molecular weight excluding hydrogens is 450 g/mol. The molecule has 3 aromatic carbocycles.